The van der Waals surface area contributed by atoms with Crippen molar-refractivity contribution in [3.63, 3.8) is 0 Å². The molecule has 0 amide bonds. The van der Waals surface area contributed by atoms with Crippen molar-refractivity contribution >= 4 is 10.9 Å². The number of ether oxygens (including phenoxy) is 1. The molecule has 1 N–H and O–H groups in total. The first-order valence-corrected chi connectivity index (χ1v) is 5.96. The Morgan fingerprint density at radius 2 is 2.00 bits per heavy atom. The lowest BCUT2D eigenvalue weighted by Gasteiger charge is -2.08. The number of nitrogens with one attached hydrogen (secondary N) is 1. The minimum Gasteiger partial charge on any atom is -0.496 e. The summed E-state index contributed by atoms with van der Waals surface area (Å²) in [4.78, 5) is 31.3. The van der Waals surface area contributed by atoms with Crippen molar-refractivity contribution in [3.05, 3.63) is 63.4 Å². The van der Waals surface area contributed by atoms with Gasteiger partial charge in [-0.15, -0.1) is 0 Å². The van der Waals surface area contributed by atoms with Gasteiger partial charge in [0.25, 0.3) is 5.56 Å². The van der Waals surface area contributed by atoms with Gasteiger partial charge in [0.1, 0.15) is 17.0 Å². The van der Waals surface area contributed by atoms with E-state index < -0.39 is 11.2 Å². The van der Waals surface area contributed by atoms with Crippen LogP contribution in [0.4, 0.5) is 0 Å². The fraction of sp³-hybridized carbons (Fsp3) is 0.0714. The van der Waals surface area contributed by atoms with Crippen LogP contribution in [-0.2, 0) is 0 Å². The minimum atomic E-state index is -0.533. The van der Waals surface area contributed by atoms with Gasteiger partial charge in [0.05, 0.1) is 12.6 Å². The lowest BCUT2D eigenvalue weighted by molar-refractivity contribution is 0.419. The predicted octanol–water partition coefficient (Wildman–Crippen LogP) is 1.08. The van der Waals surface area contributed by atoms with Gasteiger partial charge in [0.15, 0.2) is 0 Å². The van der Waals surface area contributed by atoms with Crippen LogP contribution in [0.25, 0.3) is 16.7 Å². The number of nitrogens with zero attached hydrogens (tertiary/aromatic N) is 2. The van der Waals surface area contributed by atoms with Crippen molar-refractivity contribution in [3.8, 4) is 11.6 Å². The summed E-state index contributed by atoms with van der Waals surface area (Å²) < 4.78 is 6.17. The molecular weight excluding hydrogens is 258 g/mol. The van der Waals surface area contributed by atoms with E-state index in [1.54, 1.807) is 36.4 Å². The molecule has 1 aromatic carbocycles. The highest BCUT2D eigenvalue weighted by Gasteiger charge is 2.13. The molecule has 3 aromatic rings. The van der Waals surface area contributed by atoms with Gasteiger partial charge in [0.2, 0.25) is 0 Å². The second kappa shape index (κ2) is 4.65. The standard InChI is InChI=1S/C14H11N3O3/c1-20-10-6-4-5-9-12(10)13(18)17(14(19)16-9)11-7-2-3-8-15-11/h2-8H,1H3,(H,16,19). The monoisotopic (exact) mass is 269 g/mol. The van der Waals surface area contributed by atoms with Crippen LogP contribution in [0.5, 0.6) is 5.75 Å². The number of pyridine rings is 1. The summed E-state index contributed by atoms with van der Waals surface area (Å²) >= 11 is 0. The van der Waals surface area contributed by atoms with Gasteiger partial charge < -0.3 is 9.72 Å². The number of benzene rings is 1. The molecule has 20 heavy (non-hydrogen) atoms. The van der Waals surface area contributed by atoms with Crippen LogP contribution in [-0.4, -0.2) is 21.6 Å². The Morgan fingerprint density at radius 1 is 1.15 bits per heavy atom. The number of methoxy groups -OCH3 is 1. The number of fused-ring (bicyclic) bond motifs is 1. The van der Waals surface area contributed by atoms with Gasteiger partial charge in [0, 0.05) is 6.20 Å². The van der Waals surface area contributed by atoms with Gasteiger partial charge in [-0.25, -0.2) is 14.3 Å². The largest absolute Gasteiger partial charge is 0.496 e. The molecule has 100 valence electrons. The Balaban J connectivity index is 2.46. The average molecular weight is 269 g/mol. The molecule has 2 aromatic heterocycles. The zero-order valence-electron chi connectivity index (χ0n) is 10.7. The summed E-state index contributed by atoms with van der Waals surface area (Å²) in [6.07, 6.45) is 1.52. The number of hydrogen-bond acceptors (Lipinski definition) is 4. The Hall–Kier alpha value is -2.89. The van der Waals surface area contributed by atoms with Crippen molar-refractivity contribution in [1.82, 2.24) is 14.5 Å². The molecule has 0 radical (unpaired) electrons. The molecule has 0 aliphatic heterocycles. The summed E-state index contributed by atoms with van der Waals surface area (Å²) in [5.74, 6) is 0.681. The molecule has 0 atom stereocenters. The quantitative estimate of drug-likeness (QED) is 0.755. The first kappa shape index (κ1) is 12.2. The third-order valence-corrected chi connectivity index (χ3v) is 2.99. The zero-order chi connectivity index (χ0) is 14.1. The van der Waals surface area contributed by atoms with Gasteiger partial charge in [-0.3, -0.25) is 4.79 Å². The summed E-state index contributed by atoms with van der Waals surface area (Å²) in [5.41, 5.74) is -0.555. The number of rotatable bonds is 2. The number of aromatic amines is 1. The molecule has 0 saturated heterocycles. The summed E-state index contributed by atoms with van der Waals surface area (Å²) in [6, 6.07) is 10.1. The topological polar surface area (TPSA) is 77.0 Å². The van der Waals surface area contributed by atoms with Crippen LogP contribution in [0.2, 0.25) is 0 Å². The van der Waals surface area contributed by atoms with Gasteiger partial charge in [-0.2, -0.15) is 0 Å². The molecule has 0 spiro atoms. The smallest absolute Gasteiger partial charge is 0.334 e. The molecule has 0 aliphatic rings. The first-order valence-electron chi connectivity index (χ1n) is 5.96. The predicted molar refractivity (Wildman–Crippen MR) is 74.5 cm³/mol. The van der Waals surface area contributed by atoms with E-state index in [2.05, 4.69) is 9.97 Å². The van der Waals surface area contributed by atoms with Crippen LogP contribution in [0.15, 0.2) is 52.2 Å². The van der Waals surface area contributed by atoms with Gasteiger partial charge >= 0.3 is 5.69 Å². The van der Waals surface area contributed by atoms with Crippen LogP contribution < -0.4 is 16.0 Å². The average Bonchev–Trinajstić information content (AvgIpc) is 2.47. The van der Waals surface area contributed by atoms with E-state index in [0.717, 1.165) is 4.57 Å². The molecule has 0 saturated carbocycles. The highest BCUT2D eigenvalue weighted by Crippen LogP contribution is 2.19. The SMILES string of the molecule is COc1cccc2[nH]c(=O)n(-c3ccccn3)c(=O)c12. The summed E-state index contributed by atoms with van der Waals surface area (Å²) in [5, 5.41) is 0.320. The molecule has 0 fully saturated rings. The van der Waals surface area contributed by atoms with E-state index in [9.17, 15) is 9.59 Å². The Bertz CT molecular complexity index is 882. The Morgan fingerprint density at radius 3 is 2.70 bits per heavy atom. The zero-order valence-corrected chi connectivity index (χ0v) is 10.7. The normalized spacial score (nSPS) is 10.7. The van der Waals surface area contributed by atoms with Crippen LogP contribution in [0.3, 0.4) is 0 Å². The third-order valence-electron chi connectivity index (χ3n) is 2.99. The highest BCUT2D eigenvalue weighted by atomic mass is 16.5. The first-order chi connectivity index (χ1) is 9.72. The van der Waals surface area contributed by atoms with Crippen molar-refractivity contribution in [2.24, 2.45) is 0 Å². The molecular formula is C14H11N3O3. The molecule has 3 rings (SSSR count). The lowest BCUT2D eigenvalue weighted by atomic mass is 10.2. The van der Waals surface area contributed by atoms with Crippen molar-refractivity contribution in [1.29, 1.82) is 0 Å². The van der Waals surface area contributed by atoms with Crippen molar-refractivity contribution in [2.75, 3.05) is 7.11 Å². The van der Waals surface area contributed by atoms with Crippen molar-refractivity contribution < 1.29 is 4.74 Å². The molecule has 6 heteroatoms. The van der Waals surface area contributed by atoms with Gasteiger partial charge in [-0.05, 0) is 24.3 Å². The van der Waals surface area contributed by atoms with Crippen LogP contribution >= 0.6 is 0 Å². The van der Waals surface area contributed by atoms with Crippen LogP contribution in [0.1, 0.15) is 0 Å². The molecule has 0 bridgehead atoms. The lowest BCUT2D eigenvalue weighted by Crippen LogP contribution is -2.34. The fourth-order valence-electron chi connectivity index (χ4n) is 2.10. The van der Waals surface area contributed by atoms with E-state index in [-0.39, 0.29) is 5.82 Å². The minimum absolute atomic E-state index is 0.270. The number of hydrogen-bond donors (Lipinski definition) is 1. The number of H-pyrrole nitrogens is 1. The van der Waals surface area contributed by atoms with Crippen LogP contribution in [0, 0.1) is 0 Å². The van der Waals surface area contributed by atoms with Crippen molar-refractivity contribution in [2.45, 2.75) is 0 Å². The molecule has 2 heterocycles. The van der Waals surface area contributed by atoms with E-state index in [1.807, 2.05) is 0 Å². The Labute approximate surface area is 113 Å². The second-order valence-electron chi connectivity index (χ2n) is 4.14. The van der Waals surface area contributed by atoms with E-state index in [0.29, 0.717) is 16.7 Å². The third kappa shape index (κ3) is 1.78. The van der Waals surface area contributed by atoms with E-state index >= 15 is 0 Å². The maximum Gasteiger partial charge on any atom is 0.334 e. The molecule has 6 nitrogen and oxygen atoms in total. The second-order valence-corrected chi connectivity index (χ2v) is 4.14. The summed E-state index contributed by atoms with van der Waals surface area (Å²) in [6.45, 7) is 0. The number of aromatic nitrogens is 3. The van der Waals surface area contributed by atoms with Gasteiger partial charge in [-0.1, -0.05) is 12.1 Å². The maximum absolute atomic E-state index is 12.6. The maximum atomic E-state index is 12.6. The fourth-order valence-corrected chi connectivity index (χ4v) is 2.10. The van der Waals surface area contributed by atoms with E-state index in [4.69, 9.17) is 4.74 Å². The Kier molecular flexibility index (Phi) is 2.83. The molecule has 0 aliphatic carbocycles. The highest BCUT2D eigenvalue weighted by molar-refractivity contribution is 5.84. The van der Waals surface area contributed by atoms with E-state index in [1.165, 1.54) is 13.3 Å². The summed E-state index contributed by atoms with van der Waals surface area (Å²) in [7, 11) is 1.48. The molecule has 0 unspecified atom stereocenters.